The van der Waals surface area contributed by atoms with Crippen molar-refractivity contribution in [3.05, 3.63) is 46.1 Å². The molecular weight excluding hydrogens is 570 g/mol. The molecule has 232 valence electrons. The molecule has 0 saturated carbocycles. The van der Waals surface area contributed by atoms with Gasteiger partial charge in [-0.25, -0.2) is 4.79 Å². The summed E-state index contributed by atoms with van der Waals surface area (Å²) in [5.74, 6) is -4.50. The third-order valence-corrected chi connectivity index (χ3v) is 7.14. The van der Waals surface area contributed by atoms with Crippen LogP contribution in [-0.4, -0.2) is 84.4 Å². The average molecular weight is 604 g/mol. The van der Waals surface area contributed by atoms with E-state index >= 15 is 0 Å². The van der Waals surface area contributed by atoms with Gasteiger partial charge in [-0.15, -0.1) is 0 Å². The Bertz CT molecular complexity index is 1600. The Kier molecular flexibility index (Phi) is 8.73. The maximum atomic E-state index is 13.6. The van der Waals surface area contributed by atoms with Crippen molar-refractivity contribution in [2.45, 2.75) is 56.9 Å². The van der Waals surface area contributed by atoms with Crippen LogP contribution in [0.5, 0.6) is 23.0 Å². The number of rotatable bonds is 9. The molecule has 1 fully saturated rings. The third kappa shape index (κ3) is 6.01. The monoisotopic (exact) mass is 603 g/mol. The van der Waals surface area contributed by atoms with Crippen molar-refractivity contribution < 1.29 is 54.4 Å². The molecule has 0 amide bonds. The van der Waals surface area contributed by atoms with Crippen LogP contribution in [0, 0.1) is 5.92 Å². The number of aliphatic hydroxyl groups is 3. The number of ether oxygens (including phenoxy) is 2. The minimum Gasteiger partial charge on any atom is -0.508 e. The number of aromatic hydroxyl groups is 3. The predicted octanol–water partition coefficient (Wildman–Crippen LogP) is 0.0800. The number of nitrogens with two attached hydrogens (primary N) is 2. The molecule has 5 unspecified atom stereocenters. The van der Waals surface area contributed by atoms with Crippen LogP contribution in [0.3, 0.4) is 0 Å². The van der Waals surface area contributed by atoms with Crippen molar-refractivity contribution in [2.75, 3.05) is 6.54 Å². The lowest BCUT2D eigenvalue weighted by Crippen LogP contribution is -2.70. The number of carboxylic acids is 1. The van der Waals surface area contributed by atoms with E-state index in [0.717, 1.165) is 6.07 Å². The Hall–Kier alpha value is -4.57. The van der Waals surface area contributed by atoms with Gasteiger partial charge in [0.15, 0.2) is 29.0 Å². The maximum Gasteiger partial charge on any atom is 0.335 e. The highest BCUT2D eigenvalue weighted by atomic mass is 16.7. The molecule has 15 heteroatoms. The summed E-state index contributed by atoms with van der Waals surface area (Å²) < 4.78 is 16.7. The van der Waals surface area contributed by atoms with Crippen LogP contribution < -0.4 is 21.6 Å². The van der Waals surface area contributed by atoms with E-state index in [2.05, 4.69) is 4.99 Å². The second-order valence-corrected chi connectivity index (χ2v) is 10.7. The standard InChI is InChI=1S/C28H33N3O12/c1-11(2)3-8-14-18(33)17-15(41-21(14)12-4-6-13(32)7-5-12)9-16(19(34)20(17)35)42-26-24(37)28(40,10-31-27(29)30)23(36)22(43-26)25(38)39/h4-7,9,11,22-24,26,32,34-37,40H,3,8,10H2,1-2H3,(H,38,39)(H4,29,30,31). The molecule has 0 bridgehead atoms. The number of fused-ring (bicyclic) bond motifs is 1. The molecule has 1 aliphatic rings. The van der Waals surface area contributed by atoms with Crippen LogP contribution in [0.15, 0.2) is 44.5 Å². The highest BCUT2D eigenvalue weighted by Crippen LogP contribution is 2.44. The Morgan fingerprint density at radius 3 is 2.33 bits per heavy atom. The van der Waals surface area contributed by atoms with E-state index in [1.807, 2.05) is 13.8 Å². The molecule has 1 saturated heterocycles. The molecule has 1 aliphatic heterocycles. The number of carbonyl (C=O) groups is 1. The fourth-order valence-electron chi connectivity index (χ4n) is 4.71. The Morgan fingerprint density at radius 2 is 1.74 bits per heavy atom. The lowest BCUT2D eigenvalue weighted by Gasteiger charge is -2.45. The van der Waals surface area contributed by atoms with Gasteiger partial charge in [-0.05, 0) is 43.0 Å². The van der Waals surface area contributed by atoms with Crippen LogP contribution >= 0.6 is 0 Å². The van der Waals surface area contributed by atoms with Crippen molar-refractivity contribution in [1.29, 1.82) is 0 Å². The smallest absolute Gasteiger partial charge is 0.335 e. The lowest BCUT2D eigenvalue weighted by atomic mass is 9.84. The van der Waals surface area contributed by atoms with Gasteiger partial charge in [0.2, 0.25) is 12.0 Å². The largest absolute Gasteiger partial charge is 0.508 e. The van der Waals surface area contributed by atoms with Gasteiger partial charge in [-0.1, -0.05) is 13.8 Å². The van der Waals surface area contributed by atoms with E-state index in [9.17, 15) is 45.3 Å². The molecule has 3 aromatic rings. The zero-order valence-electron chi connectivity index (χ0n) is 23.2. The van der Waals surface area contributed by atoms with Gasteiger partial charge in [0.25, 0.3) is 0 Å². The number of guanidine groups is 1. The van der Waals surface area contributed by atoms with E-state index in [4.69, 9.17) is 25.4 Å². The first-order chi connectivity index (χ1) is 20.1. The van der Waals surface area contributed by atoms with Gasteiger partial charge < -0.3 is 61.1 Å². The van der Waals surface area contributed by atoms with Gasteiger partial charge in [0.1, 0.15) is 40.3 Å². The van der Waals surface area contributed by atoms with Crippen molar-refractivity contribution in [2.24, 2.45) is 22.4 Å². The van der Waals surface area contributed by atoms with Crippen molar-refractivity contribution in [3.63, 3.8) is 0 Å². The molecule has 4 rings (SSSR count). The average Bonchev–Trinajstić information content (AvgIpc) is 2.94. The molecule has 0 spiro atoms. The number of aliphatic imine (C=N–C) groups is 1. The molecule has 2 heterocycles. The molecule has 5 atom stereocenters. The van der Waals surface area contributed by atoms with Gasteiger partial charge >= 0.3 is 5.97 Å². The second-order valence-electron chi connectivity index (χ2n) is 10.7. The van der Waals surface area contributed by atoms with Crippen LogP contribution in [0.25, 0.3) is 22.3 Å². The number of phenolic OH excluding ortho intramolecular Hbond substituents is 3. The summed E-state index contributed by atoms with van der Waals surface area (Å²) in [6.45, 7) is 3.07. The minimum atomic E-state index is -2.70. The van der Waals surface area contributed by atoms with Crippen LogP contribution in [0.1, 0.15) is 25.8 Å². The number of hydrogen-bond donors (Lipinski definition) is 9. The Morgan fingerprint density at radius 1 is 1.09 bits per heavy atom. The SMILES string of the molecule is CC(C)CCc1c(-c2ccc(O)cc2)oc2cc(OC3OC(C(=O)O)C(O)C(O)(CN=C(N)N)C3O)c(O)c(O)c2c1=O. The molecule has 0 aliphatic carbocycles. The van der Waals surface area contributed by atoms with Gasteiger partial charge in [0, 0.05) is 17.2 Å². The Balaban J connectivity index is 1.84. The number of phenols is 3. The van der Waals surface area contributed by atoms with Gasteiger partial charge in [0.05, 0.1) is 6.54 Å². The third-order valence-electron chi connectivity index (χ3n) is 7.14. The normalized spacial score (nSPS) is 23.8. The summed E-state index contributed by atoms with van der Waals surface area (Å²) >= 11 is 0. The van der Waals surface area contributed by atoms with Crippen LogP contribution in [0.4, 0.5) is 0 Å². The molecule has 15 nitrogen and oxygen atoms in total. The van der Waals surface area contributed by atoms with E-state index in [-0.39, 0.29) is 40.4 Å². The summed E-state index contributed by atoms with van der Waals surface area (Å²) in [5, 5.41) is 73.0. The topological polar surface area (TPSA) is 272 Å². The number of aliphatic carboxylic acids is 1. The van der Waals surface area contributed by atoms with E-state index < -0.39 is 71.4 Å². The first-order valence-electron chi connectivity index (χ1n) is 13.2. The van der Waals surface area contributed by atoms with Gasteiger partial charge in [-0.3, -0.25) is 9.79 Å². The second kappa shape index (κ2) is 12.0. The zero-order chi connectivity index (χ0) is 31.8. The lowest BCUT2D eigenvalue weighted by molar-refractivity contribution is -0.303. The molecule has 43 heavy (non-hydrogen) atoms. The van der Waals surface area contributed by atoms with Crippen LogP contribution in [0.2, 0.25) is 0 Å². The number of hydrogen-bond acceptors (Lipinski definition) is 12. The molecule has 11 N–H and O–H groups in total. The van der Waals surface area contributed by atoms with Crippen molar-refractivity contribution in [1.82, 2.24) is 0 Å². The molecule has 2 aromatic carbocycles. The first-order valence-corrected chi connectivity index (χ1v) is 13.2. The summed E-state index contributed by atoms with van der Waals surface area (Å²) in [6.07, 6.45) is -7.79. The van der Waals surface area contributed by atoms with Crippen molar-refractivity contribution in [3.8, 4) is 34.3 Å². The highest BCUT2D eigenvalue weighted by molar-refractivity contribution is 5.90. The molecule has 1 aromatic heterocycles. The van der Waals surface area contributed by atoms with E-state index in [1.165, 1.54) is 24.3 Å². The highest BCUT2D eigenvalue weighted by Gasteiger charge is 2.58. The number of nitrogens with zero attached hydrogens (tertiary/aromatic N) is 1. The fraction of sp³-hybridized carbons (Fsp3) is 0.393. The molecule has 0 radical (unpaired) electrons. The number of aliphatic hydroxyl groups excluding tert-OH is 2. The van der Waals surface area contributed by atoms with E-state index in [0.29, 0.717) is 12.0 Å². The number of carboxylic acid groups (broad SMARTS) is 1. The Labute approximate surface area is 243 Å². The quantitative estimate of drug-likeness (QED) is 0.0890. The number of benzene rings is 2. The fourth-order valence-corrected chi connectivity index (χ4v) is 4.71. The van der Waals surface area contributed by atoms with E-state index in [1.54, 1.807) is 0 Å². The summed E-state index contributed by atoms with van der Waals surface area (Å²) in [5.41, 5.74) is 7.61. The summed E-state index contributed by atoms with van der Waals surface area (Å²) in [7, 11) is 0. The predicted molar refractivity (Wildman–Crippen MR) is 151 cm³/mol. The van der Waals surface area contributed by atoms with Crippen LogP contribution in [-0.2, 0) is 16.0 Å². The molecular formula is C28H33N3O12. The summed E-state index contributed by atoms with van der Waals surface area (Å²) in [4.78, 5) is 29.0. The minimum absolute atomic E-state index is 0.0236. The summed E-state index contributed by atoms with van der Waals surface area (Å²) in [6, 6.07) is 6.85. The maximum absolute atomic E-state index is 13.6. The first kappa shape index (κ1) is 31.4. The van der Waals surface area contributed by atoms with Crippen molar-refractivity contribution >= 4 is 22.9 Å². The van der Waals surface area contributed by atoms with Gasteiger partial charge in [-0.2, -0.15) is 0 Å². The zero-order valence-corrected chi connectivity index (χ0v) is 23.2.